The summed E-state index contributed by atoms with van der Waals surface area (Å²) < 4.78 is 55.5. The number of aryl methyl sites for hydroxylation is 1. The molecule has 1 aromatic carbocycles. The van der Waals surface area contributed by atoms with E-state index < -0.39 is 35.9 Å². The minimum absolute atomic E-state index is 0.133. The molecule has 0 aliphatic heterocycles. The maximum atomic E-state index is 13.9. The van der Waals surface area contributed by atoms with Crippen LogP contribution >= 0.6 is 0 Å². The SMILES string of the molecule is Cc1ccc(F)cc1C(C)(C)CC(O)(Cc1cc2[nH]c(=O)ccc2[nH]1)C(F)(F)F. The Balaban J connectivity index is 1.99. The summed E-state index contributed by atoms with van der Waals surface area (Å²) in [5, 5.41) is 10.7. The molecule has 2 heterocycles. The van der Waals surface area contributed by atoms with E-state index in [1.54, 1.807) is 20.8 Å². The number of pyridine rings is 1. The Kier molecular flexibility index (Phi) is 5.11. The van der Waals surface area contributed by atoms with Gasteiger partial charge in [-0.25, -0.2) is 4.39 Å². The van der Waals surface area contributed by atoms with Gasteiger partial charge in [-0.15, -0.1) is 0 Å². The first-order valence-electron chi connectivity index (χ1n) is 9.07. The Bertz CT molecular complexity index is 1100. The van der Waals surface area contributed by atoms with Crippen molar-refractivity contribution in [2.24, 2.45) is 0 Å². The first-order chi connectivity index (χ1) is 13.3. The summed E-state index contributed by atoms with van der Waals surface area (Å²) in [6, 6.07) is 8.07. The number of aliphatic hydroxyl groups is 1. The number of hydrogen-bond donors (Lipinski definition) is 3. The number of fused-ring (bicyclic) bond motifs is 1. The van der Waals surface area contributed by atoms with Crippen LogP contribution in [-0.2, 0) is 11.8 Å². The Hall–Kier alpha value is -2.61. The van der Waals surface area contributed by atoms with Gasteiger partial charge in [-0.1, -0.05) is 19.9 Å². The van der Waals surface area contributed by atoms with Crippen LogP contribution in [0.2, 0.25) is 0 Å². The predicted molar refractivity (Wildman–Crippen MR) is 102 cm³/mol. The molecule has 0 saturated carbocycles. The van der Waals surface area contributed by atoms with E-state index in [9.17, 15) is 27.5 Å². The summed E-state index contributed by atoms with van der Waals surface area (Å²) in [7, 11) is 0. The lowest BCUT2D eigenvalue weighted by Crippen LogP contribution is -2.51. The first-order valence-corrected chi connectivity index (χ1v) is 9.07. The molecular formula is C21H22F4N2O2. The third kappa shape index (κ3) is 4.22. The van der Waals surface area contributed by atoms with E-state index in [0.717, 1.165) is 0 Å². The van der Waals surface area contributed by atoms with Crippen LogP contribution in [0.5, 0.6) is 0 Å². The normalized spacial score (nSPS) is 14.9. The highest BCUT2D eigenvalue weighted by Gasteiger charge is 2.56. The zero-order valence-electron chi connectivity index (χ0n) is 16.2. The fraction of sp³-hybridized carbons (Fsp3) is 0.381. The van der Waals surface area contributed by atoms with Crippen molar-refractivity contribution in [2.45, 2.75) is 50.8 Å². The number of alkyl halides is 3. The number of H-pyrrole nitrogens is 2. The van der Waals surface area contributed by atoms with E-state index >= 15 is 0 Å². The predicted octanol–water partition coefficient (Wildman–Crippen LogP) is 4.51. The van der Waals surface area contributed by atoms with Gasteiger partial charge in [-0.2, -0.15) is 13.2 Å². The second-order valence-corrected chi connectivity index (χ2v) is 8.17. The minimum atomic E-state index is -4.92. The molecule has 3 rings (SSSR count). The van der Waals surface area contributed by atoms with E-state index in [0.29, 0.717) is 22.2 Å². The van der Waals surface area contributed by atoms with Gasteiger partial charge in [-0.05, 0) is 54.2 Å². The van der Waals surface area contributed by atoms with Crippen LogP contribution in [0, 0.1) is 12.7 Å². The molecule has 0 aliphatic rings. The van der Waals surface area contributed by atoms with Crippen LogP contribution in [0.1, 0.15) is 37.1 Å². The quantitative estimate of drug-likeness (QED) is 0.542. The van der Waals surface area contributed by atoms with Crippen LogP contribution in [-0.4, -0.2) is 26.9 Å². The van der Waals surface area contributed by atoms with E-state index in [4.69, 9.17) is 0 Å². The Morgan fingerprint density at radius 2 is 1.69 bits per heavy atom. The Labute approximate surface area is 164 Å². The van der Waals surface area contributed by atoms with Crippen molar-refractivity contribution >= 4 is 11.0 Å². The van der Waals surface area contributed by atoms with Gasteiger partial charge < -0.3 is 15.1 Å². The second kappa shape index (κ2) is 7.02. The maximum Gasteiger partial charge on any atom is 0.417 e. The fourth-order valence-corrected chi connectivity index (χ4v) is 3.92. The molecule has 0 fully saturated rings. The Morgan fingerprint density at radius 1 is 1.00 bits per heavy atom. The highest BCUT2D eigenvalue weighted by molar-refractivity contribution is 5.75. The van der Waals surface area contributed by atoms with Crippen molar-refractivity contribution < 1.29 is 22.7 Å². The van der Waals surface area contributed by atoms with E-state index in [1.165, 1.54) is 36.4 Å². The van der Waals surface area contributed by atoms with Crippen LogP contribution in [0.25, 0.3) is 11.0 Å². The second-order valence-electron chi connectivity index (χ2n) is 8.17. The lowest BCUT2D eigenvalue weighted by Gasteiger charge is -2.38. The molecule has 4 nitrogen and oxygen atoms in total. The largest absolute Gasteiger partial charge is 0.417 e. The number of benzene rings is 1. The van der Waals surface area contributed by atoms with Crippen molar-refractivity contribution in [1.82, 2.24) is 9.97 Å². The Morgan fingerprint density at radius 3 is 2.34 bits per heavy atom. The highest BCUT2D eigenvalue weighted by Crippen LogP contribution is 2.43. The molecule has 0 radical (unpaired) electrons. The number of rotatable bonds is 5. The lowest BCUT2D eigenvalue weighted by molar-refractivity contribution is -0.266. The van der Waals surface area contributed by atoms with E-state index in [2.05, 4.69) is 9.97 Å². The number of nitrogens with one attached hydrogen (secondary N) is 2. The topological polar surface area (TPSA) is 68.9 Å². The molecule has 0 saturated heterocycles. The molecule has 156 valence electrons. The molecule has 3 aromatic rings. The molecule has 29 heavy (non-hydrogen) atoms. The zero-order valence-corrected chi connectivity index (χ0v) is 16.2. The van der Waals surface area contributed by atoms with Gasteiger partial charge in [0.05, 0.1) is 11.0 Å². The van der Waals surface area contributed by atoms with Crippen molar-refractivity contribution in [3.05, 3.63) is 69.4 Å². The lowest BCUT2D eigenvalue weighted by atomic mass is 9.72. The molecule has 0 spiro atoms. The molecule has 1 atom stereocenters. The van der Waals surface area contributed by atoms with Crippen molar-refractivity contribution in [3.8, 4) is 0 Å². The third-order valence-corrected chi connectivity index (χ3v) is 5.24. The monoisotopic (exact) mass is 410 g/mol. The number of hydrogen-bond acceptors (Lipinski definition) is 2. The van der Waals surface area contributed by atoms with Gasteiger partial charge in [0.25, 0.3) is 0 Å². The average molecular weight is 410 g/mol. The van der Waals surface area contributed by atoms with Gasteiger partial charge in [0.1, 0.15) is 5.82 Å². The van der Waals surface area contributed by atoms with Gasteiger partial charge in [0.15, 0.2) is 5.60 Å². The number of halogens is 4. The van der Waals surface area contributed by atoms with E-state index in [1.807, 2.05) is 0 Å². The average Bonchev–Trinajstić information content (AvgIpc) is 2.96. The maximum absolute atomic E-state index is 13.9. The van der Waals surface area contributed by atoms with Gasteiger partial charge in [0, 0.05) is 18.2 Å². The standard InChI is InChI=1S/C21H22F4N2O2/c1-12-4-5-13(22)8-15(12)19(2,3)11-20(29,21(23,24)25)10-14-9-17-16(26-14)6-7-18(28)27-17/h4-9,26,29H,10-11H2,1-3H3,(H,27,28). The molecule has 2 aromatic heterocycles. The molecule has 0 amide bonds. The molecule has 8 heteroatoms. The van der Waals surface area contributed by atoms with Gasteiger partial charge >= 0.3 is 6.18 Å². The van der Waals surface area contributed by atoms with E-state index in [-0.39, 0.29) is 11.3 Å². The third-order valence-electron chi connectivity index (χ3n) is 5.24. The van der Waals surface area contributed by atoms with Crippen LogP contribution < -0.4 is 5.56 Å². The smallest absolute Gasteiger partial charge is 0.380 e. The summed E-state index contributed by atoms with van der Waals surface area (Å²) in [6.45, 7) is 4.79. The zero-order chi connectivity index (χ0) is 21.6. The first kappa shape index (κ1) is 21.1. The molecular weight excluding hydrogens is 388 g/mol. The number of aromatic amines is 2. The summed E-state index contributed by atoms with van der Waals surface area (Å²) in [4.78, 5) is 16.7. The minimum Gasteiger partial charge on any atom is -0.380 e. The van der Waals surface area contributed by atoms with Crippen molar-refractivity contribution in [1.29, 1.82) is 0 Å². The summed E-state index contributed by atoms with van der Waals surface area (Å²) >= 11 is 0. The summed E-state index contributed by atoms with van der Waals surface area (Å²) in [6.07, 6.45) is -6.32. The fourth-order valence-electron chi connectivity index (χ4n) is 3.92. The van der Waals surface area contributed by atoms with Crippen LogP contribution in [0.4, 0.5) is 17.6 Å². The molecule has 0 aliphatic carbocycles. The molecule has 1 unspecified atom stereocenters. The molecule has 0 bridgehead atoms. The summed E-state index contributed by atoms with van der Waals surface area (Å²) in [5.41, 5.74) is -2.59. The van der Waals surface area contributed by atoms with Gasteiger partial charge in [0.2, 0.25) is 5.56 Å². The van der Waals surface area contributed by atoms with Crippen LogP contribution in [0.15, 0.2) is 41.2 Å². The van der Waals surface area contributed by atoms with Gasteiger partial charge in [-0.3, -0.25) is 4.79 Å². The highest BCUT2D eigenvalue weighted by atomic mass is 19.4. The van der Waals surface area contributed by atoms with Crippen molar-refractivity contribution in [2.75, 3.05) is 0 Å². The molecule has 3 N–H and O–H groups in total. The summed E-state index contributed by atoms with van der Waals surface area (Å²) in [5.74, 6) is -0.547. The van der Waals surface area contributed by atoms with Crippen LogP contribution in [0.3, 0.4) is 0 Å². The number of aromatic nitrogens is 2. The van der Waals surface area contributed by atoms with Crippen molar-refractivity contribution in [3.63, 3.8) is 0 Å².